The highest BCUT2D eigenvalue weighted by Crippen LogP contribution is 2.40. The molecule has 0 aromatic heterocycles. The van der Waals surface area contributed by atoms with E-state index in [2.05, 4.69) is 5.32 Å². The molecular weight excluding hydrogens is 339 g/mol. The van der Waals surface area contributed by atoms with E-state index in [1.807, 2.05) is 0 Å². The van der Waals surface area contributed by atoms with Gasteiger partial charge in [-0.15, -0.1) is 0 Å². The molecular formula is C19H21FN2O4. The molecule has 1 N–H and O–H groups in total. The third-order valence-electron chi connectivity index (χ3n) is 4.45. The Morgan fingerprint density at radius 1 is 1.08 bits per heavy atom. The first kappa shape index (κ1) is 17.8. The number of anilines is 1. The largest absolute Gasteiger partial charge is 0.493 e. The first-order valence-corrected chi connectivity index (χ1v) is 8.20. The van der Waals surface area contributed by atoms with Gasteiger partial charge in [0.15, 0.2) is 11.5 Å². The molecule has 26 heavy (non-hydrogen) atoms. The van der Waals surface area contributed by atoms with Crippen molar-refractivity contribution in [2.24, 2.45) is 0 Å². The Hall–Kier alpha value is -2.96. The van der Waals surface area contributed by atoms with Crippen molar-refractivity contribution in [2.45, 2.75) is 12.5 Å². The van der Waals surface area contributed by atoms with Gasteiger partial charge in [-0.3, -0.25) is 0 Å². The van der Waals surface area contributed by atoms with Gasteiger partial charge < -0.3 is 24.4 Å². The number of carbonyl (C=O) groups excluding carboxylic acids is 1. The third-order valence-corrected chi connectivity index (χ3v) is 4.45. The van der Waals surface area contributed by atoms with E-state index in [-0.39, 0.29) is 17.9 Å². The van der Waals surface area contributed by atoms with E-state index in [0.29, 0.717) is 29.5 Å². The average molecular weight is 360 g/mol. The summed E-state index contributed by atoms with van der Waals surface area (Å²) in [7, 11) is 4.55. The van der Waals surface area contributed by atoms with Crippen LogP contribution < -0.4 is 19.5 Å². The molecule has 1 saturated heterocycles. The summed E-state index contributed by atoms with van der Waals surface area (Å²) in [5.41, 5.74) is 1.45. The molecule has 1 heterocycles. The lowest BCUT2D eigenvalue weighted by atomic mass is 9.95. The number of methoxy groups -OCH3 is 3. The molecule has 1 aliphatic heterocycles. The molecule has 1 aliphatic rings. The van der Waals surface area contributed by atoms with Gasteiger partial charge in [-0.05, 0) is 24.1 Å². The van der Waals surface area contributed by atoms with Crippen LogP contribution in [0, 0.1) is 5.82 Å². The molecule has 1 atom stereocenters. The molecule has 138 valence electrons. The maximum absolute atomic E-state index is 13.1. The number of likely N-dealkylation sites (tertiary alicyclic amines) is 1. The lowest BCUT2D eigenvalue weighted by Gasteiger charge is -2.41. The maximum atomic E-state index is 13.1. The van der Waals surface area contributed by atoms with Gasteiger partial charge in [0, 0.05) is 18.7 Å². The Labute approximate surface area is 151 Å². The van der Waals surface area contributed by atoms with Gasteiger partial charge in [0.25, 0.3) is 0 Å². The van der Waals surface area contributed by atoms with Gasteiger partial charge in [-0.1, -0.05) is 12.1 Å². The summed E-state index contributed by atoms with van der Waals surface area (Å²) in [6.45, 7) is 0.637. The monoisotopic (exact) mass is 360 g/mol. The van der Waals surface area contributed by atoms with Crippen LogP contribution in [-0.4, -0.2) is 38.8 Å². The zero-order valence-corrected chi connectivity index (χ0v) is 14.9. The molecule has 0 unspecified atom stereocenters. The van der Waals surface area contributed by atoms with Gasteiger partial charge in [0.05, 0.1) is 33.1 Å². The van der Waals surface area contributed by atoms with Crippen molar-refractivity contribution in [1.82, 2.24) is 4.90 Å². The number of ether oxygens (including phenoxy) is 3. The number of nitrogens with zero attached hydrogens (tertiary/aromatic N) is 1. The number of urea groups is 1. The third kappa shape index (κ3) is 3.37. The van der Waals surface area contributed by atoms with Crippen molar-refractivity contribution in [2.75, 3.05) is 33.2 Å². The molecule has 2 amide bonds. The first-order valence-electron chi connectivity index (χ1n) is 8.20. The van der Waals surface area contributed by atoms with E-state index in [9.17, 15) is 9.18 Å². The summed E-state index contributed by atoms with van der Waals surface area (Å²) in [5, 5.41) is 2.85. The maximum Gasteiger partial charge on any atom is 0.322 e. The number of benzene rings is 2. The highest BCUT2D eigenvalue weighted by Gasteiger charge is 2.33. The van der Waals surface area contributed by atoms with Crippen molar-refractivity contribution in [3.8, 4) is 17.2 Å². The van der Waals surface area contributed by atoms with Crippen LogP contribution >= 0.6 is 0 Å². The van der Waals surface area contributed by atoms with E-state index >= 15 is 0 Å². The van der Waals surface area contributed by atoms with E-state index in [0.717, 1.165) is 12.0 Å². The van der Waals surface area contributed by atoms with Crippen LogP contribution in [0.2, 0.25) is 0 Å². The van der Waals surface area contributed by atoms with Gasteiger partial charge in [0.1, 0.15) is 5.82 Å². The van der Waals surface area contributed by atoms with Crippen molar-refractivity contribution < 1.29 is 23.4 Å². The fraction of sp³-hybridized carbons (Fsp3) is 0.316. The lowest BCUT2D eigenvalue weighted by molar-refractivity contribution is 0.126. The van der Waals surface area contributed by atoms with Crippen LogP contribution in [0.25, 0.3) is 0 Å². The Morgan fingerprint density at radius 3 is 2.15 bits per heavy atom. The van der Waals surface area contributed by atoms with Crippen LogP contribution in [0.4, 0.5) is 14.9 Å². The van der Waals surface area contributed by atoms with E-state index in [4.69, 9.17) is 14.2 Å². The highest BCUT2D eigenvalue weighted by atomic mass is 19.1. The summed E-state index contributed by atoms with van der Waals surface area (Å²) in [4.78, 5) is 14.3. The topological polar surface area (TPSA) is 60.0 Å². The van der Waals surface area contributed by atoms with Crippen molar-refractivity contribution in [1.29, 1.82) is 0 Å². The molecule has 2 aromatic carbocycles. The molecule has 0 saturated carbocycles. The zero-order valence-electron chi connectivity index (χ0n) is 14.9. The molecule has 7 heteroatoms. The second-order valence-electron chi connectivity index (χ2n) is 5.89. The van der Waals surface area contributed by atoms with Crippen molar-refractivity contribution in [3.63, 3.8) is 0 Å². The number of carbonyl (C=O) groups is 1. The SMILES string of the molecule is COc1cc(NC(=O)N2CC[C@H]2c2ccc(F)cc2)cc(OC)c1OC. The predicted molar refractivity (Wildman–Crippen MR) is 95.6 cm³/mol. The van der Waals surface area contributed by atoms with Gasteiger partial charge in [0.2, 0.25) is 5.75 Å². The molecule has 0 aliphatic carbocycles. The highest BCUT2D eigenvalue weighted by molar-refractivity contribution is 5.91. The first-order chi connectivity index (χ1) is 12.6. The van der Waals surface area contributed by atoms with Crippen LogP contribution in [0.15, 0.2) is 36.4 Å². The molecule has 0 spiro atoms. The fourth-order valence-electron chi connectivity index (χ4n) is 3.01. The smallest absolute Gasteiger partial charge is 0.322 e. The molecule has 1 fully saturated rings. The minimum absolute atomic E-state index is 0.0577. The lowest BCUT2D eigenvalue weighted by Crippen LogP contribution is -2.47. The minimum Gasteiger partial charge on any atom is -0.493 e. The Kier molecular flexibility index (Phi) is 5.16. The Balaban J connectivity index is 1.76. The number of nitrogens with one attached hydrogen (secondary N) is 1. The summed E-state index contributed by atoms with van der Waals surface area (Å²) in [6, 6.07) is 9.28. The summed E-state index contributed by atoms with van der Waals surface area (Å²) < 4.78 is 29.0. The molecule has 2 aromatic rings. The van der Waals surface area contributed by atoms with E-state index in [1.54, 1.807) is 29.2 Å². The number of amides is 2. The summed E-state index contributed by atoms with van der Waals surface area (Å²) in [6.07, 6.45) is 0.842. The van der Waals surface area contributed by atoms with Gasteiger partial charge >= 0.3 is 6.03 Å². The number of halogens is 1. The van der Waals surface area contributed by atoms with Crippen molar-refractivity contribution >= 4 is 11.7 Å². The van der Waals surface area contributed by atoms with Crippen molar-refractivity contribution in [3.05, 3.63) is 47.8 Å². The number of hydrogen-bond donors (Lipinski definition) is 1. The normalized spacial score (nSPS) is 15.8. The predicted octanol–water partition coefficient (Wildman–Crippen LogP) is 3.83. The summed E-state index contributed by atoms with van der Waals surface area (Å²) in [5.74, 6) is 1.09. The quantitative estimate of drug-likeness (QED) is 0.880. The van der Waals surface area contributed by atoms with Crippen LogP contribution in [-0.2, 0) is 0 Å². The number of rotatable bonds is 5. The standard InChI is InChI=1S/C19H21FN2O4/c1-24-16-10-14(11-17(25-2)18(16)26-3)21-19(23)22-9-8-15(22)12-4-6-13(20)7-5-12/h4-7,10-11,15H,8-9H2,1-3H3,(H,21,23)/t15-/m0/s1. The van der Waals surface area contributed by atoms with Crippen LogP contribution in [0.5, 0.6) is 17.2 Å². The van der Waals surface area contributed by atoms with Crippen LogP contribution in [0.3, 0.4) is 0 Å². The average Bonchev–Trinajstić information content (AvgIpc) is 2.61. The number of hydrogen-bond acceptors (Lipinski definition) is 4. The zero-order chi connectivity index (χ0) is 18.7. The fourth-order valence-corrected chi connectivity index (χ4v) is 3.01. The van der Waals surface area contributed by atoms with E-state index < -0.39 is 0 Å². The van der Waals surface area contributed by atoms with Gasteiger partial charge in [-0.2, -0.15) is 0 Å². The van der Waals surface area contributed by atoms with E-state index in [1.165, 1.54) is 33.5 Å². The molecule has 0 bridgehead atoms. The summed E-state index contributed by atoms with van der Waals surface area (Å²) >= 11 is 0. The molecule has 0 radical (unpaired) electrons. The second kappa shape index (κ2) is 7.51. The minimum atomic E-state index is -0.290. The second-order valence-corrected chi connectivity index (χ2v) is 5.89. The van der Waals surface area contributed by atoms with Crippen LogP contribution in [0.1, 0.15) is 18.0 Å². The molecule has 6 nitrogen and oxygen atoms in total. The molecule has 3 rings (SSSR count). The Bertz CT molecular complexity index is 770. The Morgan fingerprint density at radius 2 is 1.69 bits per heavy atom. The van der Waals surface area contributed by atoms with Gasteiger partial charge in [-0.25, -0.2) is 9.18 Å².